The topological polar surface area (TPSA) is 50.4 Å². The maximum absolute atomic E-state index is 11.4. The number of esters is 1. The second-order valence-corrected chi connectivity index (χ2v) is 7.54. The highest BCUT2D eigenvalue weighted by Crippen LogP contribution is 2.26. The fraction of sp³-hybridized carbons (Fsp3) is 0.867. The van der Waals surface area contributed by atoms with Crippen molar-refractivity contribution in [3.8, 4) is 0 Å². The number of carbonyl (C=O) groups is 1. The van der Waals surface area contributed by atoms with Gasteiger partial charge in [-0.1, -0.05) is 20.8 Å². The summed E-state index contributed by atoms with van der Waals surface area (Å²) < 4.78 is 4.92. The van der Waals surface area contributed by atoms with Crippen LogP contribution in [0.4, 0.5) is 0 Å². The van der Waals surface area contributed by atoms with Crippen LogP contribution in [0, 0.1) is 5.41 Å². The molecule has 20 heavy (non-hydrogen) atoms. The Morgan fingerprint density at radius 2 is 1.80 bits per heavy atom. The average molecular weight is 302 g/mol. The molecule has 0 aliphatic heterocycles. The van der Waals surface area contributed by atoms with E-state index in [0.29, 0.717) is 18.1 Å². The van der Waals surface area contributed by atoms with Crippen molar-refractivity contribution in [3.63, 3.8) is 0 Å². The molecule has 0 aromatic carbocycles. The van der Waals surface area contributed by atoms with Crippen LogP contribution in [-0.2, 0) is 9.53 Å². The molecule has 4 nitrogen and oxygen atoms in total. The Bertz CT molecular complexity index is 335. The quantitative estimate of drug-likeness (QED) is 0.583. The van der Waals surface area contributed by atoms with Crippen LogP contribution in [0.15, 0.2) is 0 Å². The largest absolute Gasteiger partial charge is 0.466 e. The third-order valence-corrected chi connectivity index (χ3v) is 2.80. The molecule has 2 N–H and O–H groups in total. The fourth-order valence-electron chi connectivity index (χ4n) is 2.46. The Morgan fingerprint density at radius 3 is 2.25 bits per heavy atom. The molecule has 0 radical (unpaired) electrons. The van der Waals surface area contributed by atoms with Crippen LogP contribution in [0.5, 0.6) is 0 Å². The minimum absolute atomic E-state index is 0.0421. The monoisotopic (exact) mass is 302 g/mol. The lowest BCUT2D eigenvalue weighted by atomic mass is 9.82. The highest BCUT2D eigenvalue weighted by molar-refractivity contribution is 7.80. The van der Waals surface area contributed by atoms with Gasteiger partial charge in [0.1, 0.15) is 0 Å². The Hall–Kier alpha value is -0.840. The molecule has 5 heteroatoms. The van der Waals surface area contributed by atoms with Gasteiger partial charge in [-0.25, -0.2) is 0 Å². The third kappa shape index (κ3) is 10.0. The molecule has 0 saturated carbocycles. The van der Waals surface area contributed by atoms with Crippen LogP contribution in [0.3, 0.4) is 0 Å². The van der Waals surface area contributed by atoms with Crippen LogP contribution >= 0.6 is 12.2 Å². The molecular weight excluding hydrogens is 272 g/mol. The van der Waals surface area contributed by atoms with E-state index in [9.17, 15) is 4.79 Å². The van der Waals surface area contributed by atoms with Gasteiger partial charge in [-0.2, -0.15) is 0 Å². The average Bonchev–Trinajstić information content (AvgIpc) is 2.10. The van der Waals surface area contributed by atoms with Gasteiger partial charge in [-0.3, -0.25) is 4.79 Å². The highest BCUT2D eigenvalue weighted by Gasteiger charge is 2.26. The number of hydrogen-bond acceptors (Lipinski definition) is 3. The summed E-state index contributed by atoms with van der Waals surface area (Å²) in [5.74, 6) is -0.204. The maximum atomic E-state index is 11.4. The first-order valence-electron chi connectivity index (χ1n) is 7.19. The maximum Gasteiger partial charge on any atom is 0.307 e. The van der Waals surface area contributed by atoms with E-state index in [1.165, 1.54) is 0 Å². The van der Waals surface area contributed by atoms with Gasteiger partial charge < -0.3 is 15.4 Å². The lowest BCUT2D eigenvalue weighted by molar-refractivity contribution is -0.143. The second-order valence-electron chi connectivity index (χ2n) is 7.13. The fourth-order valence-corrected chi connectivity index (χ4v) is 2.94. The van der Waals surface area contributed by atoms with Crippen LogP contribution in [0.25, 0.3) is 0 Å². The van der Waals surface area contributed by atoms with Crippen LogP contribution in [0.2, 0.25) is 0 Å². The van der Waals surface area contributed by atoms with E-state index < -0.39 is 0 Å². The molecule has 0 rings (SSSR count). The van der Waals surface area contributed by atoms with Gasteiger partial charge in [0.05, 0.1) is 13.0 Å². The van der Waals surface area contributed by atoms with Crippen molar-refractivity contribution in [2.24, 2.45) is 5.41 Å². The lowest BCUT2D eigenvalue weighted by Crippen LogP contribution is -2.51. The standard InChI is InChI=1S/C15H30N2O2S/c1-8-19-12(18)9-11(2)16-13(20)17-15(6,7)10-14(3,4)5/h11H,8-10H2,1-7H3,(H2,16,17,20). The smallest absolute Gasteiger partial charge is 0.307 e. The van der Waals surface area contributed by atoms with Crippen LogP contribution in [0.1, 0.15) is 61.3 Å². The zero-order valence-corrected chi connectivity index (χ0v) is 14.7. The number of carbonyl (C=O) groups excluding carboxylic acids is 1. The Balaban J connectivity index is 4.25. The summed E-state index contributed by atoms with van der Waals surface area (Å²) >= 11 is 5.31. The molecular formula is C15H30N2O2S. The van der Waals surface area contributed by atoms with Crippen molar-refractivity contribution in [2.75, 3.05) is 6.61 Å². The first-order valence-corrected chi connectivity index (χ1v) is 7.60. The molecule has 0 aromatic heterocycles. The summed E-state index contributed by atoms with van der Waals surface area (Å²) in [7, 11) is 0. The zero-order valence-electron chi connectivity index (χ0n) is 13.9. The van der Waals surface area contributed by atoms with Gasteiger partial charge in [0.2, 0.25) is 0 Å². The van der Waals surface area contributed by atoms with E-state index in [-0.39, 0.29) is 23.0 Å². The summed E-state index contributed by atoms with van der Waals surface area (Å²) in [5.41, 5.74) is 0.134. The second kappa shape index (κ2) is 7.81. The van der Waals surface area contributed by atoms with Crippen molar-refractivity contribution in [3.05, 3.63) is 0 Å². The lowest BCUT2D eigenvalue weighted by Gasteiger charge is -2.34. The molecule has 0 aliphatic rings. The first-order chi connectivity index (χ1) is 8.95. The number of thiocarbonyl (C=S) groups is 1. The summed E-state index contributed by atoms with van der Waals surface area (Å²) in [6.07, 6.45) is 1.31. The summed E-state index contributed by atoms with van der Waals surface area (Å²) in [6, 6.07) is -0.0421. The first kappa shape index (κ1) is 19.2. The minimum atomic E-state index is -0.204. The highest BCUT2D eigenvalue weighted by atomic mass is 32.1. The summed E-state index contributed by atoms with van der Waals surface area (Å²) in [5, 5.41) is 7.03. The van der Waals surface area contributed by atoms with Gasteiger partial charge in [-0.15, -0.1) is 0 Å². The zero-order chi connectivity index (χ0) is 16.0. The van der Waals surface area contributed by atoms with E-state index in [2.05, 4.69) is 45.3 Å². The molecule has 118 valence electrons. The number of nitrogens with one attached hydrogen (secondary N) is 2. The van der Waals surface area contributed by atoms with E-state index in [0.717, 1.165) is 6.42 Å². The predicted octanol–water partition coefficient (Wildman–Crippen LogP) is 3.01. The van der Waals surface area contributed by atoms with Gasteiger partial charge in [0, 0.05) is 11.6 Å². The summed E-state index contributed by atoms with van der Waals surface area (Å²) in [6.45, 7) is 15.0. The van der Waals surface area contributed by atoms with Crippen LogP contribution < -0.4 is 10.6 Å². The Morgan fingerprint density at radius 1 is 1.25 bits per heavy atom. The van der Waals surface area contributed by atoms with E-state index in [1.807, 2.05) is 6.92 Å². The van der Waals surface area contributed by atoms with Gasteiger partial charge >= 0.3 is 5.97 Å². The molecule has 0 spiro atoms. The van der Waals surface area contributed by atoms with Crippen molar-refractivity contribution >= 4 is 23.3 Å². The van der Waals surface area contributed by atoms with Crippen LogP contribution in [-0.4, -0.2) is 29.3 Å². The van der Waals surface area contributed by atoms with Gasteiger partial charge in [0.15, 0.2) is 5.11 Å². The summed E-state index contributed by atoms with van der Waals surface area (Å²) in [4.78, 5) is 11.4. The molecule has 0 saturated heterocycles. The molecule has 0 aliphatic carbocycles. The number of rotatable bonds is 6. The normalized spacial score (nSPS) is 13.6. The molecule has 0 bridgehead atoms. The van der Waals surface area contributed by atoms with Gasteiger partial charge in [0.25, 0.3) is 0 Å². The predicted molar refractivity (Wildman–Crippen MR) is 87.7 cm³/mol. The number of ether oxygens (including phenoxy) is 1. The molecule has 0 aromatic rings. The Labute approximate surface area is 129 Å². The Kier molecular flexibility index (Phi) is 7.49. The van der Waals surface area contributed by atoms with E-state index >= 15 is 0 Å². The van der Waals surface area contributed by atoms with E-state index in [4.69, 9.17) is 17.0 Å². The van der Waals surface area contributed by atoms with E-state index in [1.54, 1.807) is 6.92 Å². The minimum Gasteiger partial charge on any atom is -0.466 e. The molecule has 0 fully saturated rings. The van der Waals surface area contributed by atoms with Crippen molar-refractivity contribution in [1.29, 1.82) is 0 Å². The van der Waals surface area contributed by atoms with Crippen molar-refractivity contribution in [2.45, 2.75) is 72.9 Å². The molecule has 1 unspecified atom stereocenters. The van der Waals surface area contributed by atoms with Crippen molar-refractivity contribution < 1.29 is 9.53 Å². The molecule has 1 atom stereocenters. The SMILES string of the molecule is CCOC(=O)CC(C)NC(=S)NC(C)(C)CC(C)(C)C. The molecule has 0 heterocycles. The van der Waals surface area contributed by atoms with Crippen molar-refractivity contribution in [1.82, 2.24) is 10.6 Å². The molecule has 0 amide bonds. The third-order valence-electron chi connectivity index (χ3n) is 2.58. The number of hydrogen-bond donors (Lipinski definition) is 2. The van der Waals surface area contributed by atoms with Gasteiger partial charge in [-0.05, 0) is 51.7 Å².